The van der Waals surface area contributed by atoms with Crippen LogP contribution >= 0.6 is 0 Å². The lowest BCUT2D eigenvalue weighted by atomic mass is 9.49. The Morgan fingerprint density at radius 1 is 1.07 bits per heavy atom. The smallest absolute Gasteiger partial charge is 0.0648 e. The standard InChI is InChI=1S/C25H46O.C3H6/c1-7-16-26-23(8-2)15-14-21(4)25(22-12-10-9-11-13-22)18-20(3)17-24(5,6)19-25;1-3-2/h7,20-23H,1,8-19H2,2-6H3;3H,1H2,2H3. The lowest BCUT2D eigenvalue weighted by Gasteiger charge is -2.56. The van der Waals surface area contributed by atoms with Gasteiger partial charge in [-0.05, 0) is 86.9 Å². The number of allylic oxidation sites excluding steroid dienone is 1. The van der Waals surface area contributed by atoms with Gasteiger partial charge in [-0.2, -0.15) is 0 Å². The summed E-state index contributed by atoms with van der Waals surface area (Å²) in [5.41, 5.74) is 1.07. The fourth-order valence-corrected chi connectivity index (χ4v) is 6.80. The molecule has 2 aliphatic rings. The van der Waals surface area contributed by atoms with Crippen LogP contribution in [0.2, 0.25) is 0 Å². The SMILES string of the molecule is C=CC.C=CCOC(CC)CCC(C)C1(C2CCCCC2)CC(C)CC(C)(C)C1. The molecule has 0 amide bonds. The van der Waals surface area contributed by atoms with Gasteiger partial charge in [0.2, 0.25) is 0 Å². The summed E-state index contributed by atoms with van der Waals surface area (Å²) in [5, 5.41) is 0. The summed E-state index contributed by atoms with van der Waals surface area (Å²) in [7, 11) is 0. The van der Waals surface area contributed by atoms with Gasteiger partial charge in [0, 0.05) is 0 Å². The van der Waals surface area contributed by atoms with E-state index in [0.717, 1.165) is 24.2 Å². The first-order valence-corrected chi connectivity index (χ1v) is 12.5. The van der Waals surface area contributed by atoms with E-state index in [9.17, 15) is 0 Å². The largest absolute Gasteiger partial charge is 0.374 e. The Bertz CT molecular complexity index is 459. The number of ether oxygens (including phenoxy) is 1. The van der Waals surface area contributed by atoms with E-state index in [4.69, 9.17) is 4.74 Å². The van der Waals surface area contributed by atoms with E-state index in [1.54, 1.807) is 6.08 Å². The van der Waals surface area contributed by atoms with Gasteiger partial charge in [0.15, 0.2) is 0 Å². The highest BCUT2D eigenvalue weighted by Crippen LogP contribution is 2.59. The number of rotatable bonds is 9. The van der Waals surface area contributed by atoms with Crippen molar-refractivity contribution < 1.29 is 4.74 Å². The summed E-state index contributed by atoms with van der Waals surface area (Å²) >= 11 is 0. The van der Waals surface area contributed by atoms with Crippen LogP contribution in [0.25, 0.3) is 0 Å². The van der Waals surface area contributed by atoms with Crippen LogP contribution in [-0.2, 0) is 4.74 Å². The molecule has 0 spiro atoms. The van der Waals surface area contributed by atoms with Crippen LogP contribution in [0.3, 0.4) is 0 Å². The molecule has 4 unspecified atom stereocenters. The summed E-state index contributed by atoms with van der Waals surface area (Å²) in [4.78, 5) is 0. The van der Waals surface area contributed by atoms with Crippen molar-refractivity contribution in [3.8, 4) is 0 Å². The molecule has 2 aliphatic carbocycles. The van der Waals surface area contributed by atoms with Crippen LogP contribution in [0, 0.1) is 28.6 Å². The van der Waals surface area contributed by atoms with Gasteiger partial charge in [0.25, 0.3) is 0 Å². The van der Waals surface area contributed by atoms with Gasteiger partial charge in [0.1, 0.15) is 0 Å². The summed E-state index contributed by atoms with van der Waals surface area (Å²) in [6.45, 7) is 22.2. The lowest BCUT2D eigenvalue weighted by Crippen LogP contribution is -2.47. The maximum Gasteiger partial charge on any atom is 0.0648 e. The van der Waals surface area contributed by atoms with Gasteiger partial charge >= 0.3 is 0 Å². The van der Waals surface area contributed by atoms with E-state index in [2.05, 4.69) is 47.8 Å². The molecule has 0 aromatic carbocycles. The van der Waals surface area contributed by atoms with Crippen LogP contribution in [0.15, 0.2) is 25.3 Å². The normalized spacial score (nSPS) is 29.2. The molecular formula is C28H52O. The molecule has 2 fully saturated rings. The summed E-state index contributed by atoms with van der Waals surface area (Å²) < 4.78 is 6.00. The minimum Gasteiger partial charge on any atom is -0.374 e. The maximum atomic E-state index is 6.00. The Morgan fingerprint density at radius 3 is 2.21 bits per heavy atom. The van der Waals surface area contributed by atoms with Gasteiger partial charge in [-0.1, -0.05) is 66.0 Å². The maximum absolute atomic E-state index is 6.00. The number of hydrogen-bond acceptors (Lipinski definition) is 1. The highest BCUT2D eigenvalue weighted by atomic mass is 16.5. The molecule has 0 bridgehead atoms. The van der Waals surface area contributed by atoms with Crippen molar-refractivity contribution in [2.45, 2.75) is 118 Å². The second-order valence-electron chi connectivity index (χ2n) is 11.0. The quantitative estimate of drug-likeness (QED) is 0.348. The zero-order valence-corrected chi connectivity index (χ0v) is 20.8. The van der Waals surface area contributed by atoms with Gasteiger partial charge in [0.05, 0.1) is 12.7 Å². The monoisotopic (exact) mass is 404 g/mol. The predicted octanol–water partition coefficient (Wildman–Crippen LogP) is 8.99. The predicted molar refractivity (Wildman–Crippen MR) is 130 cm³/mol. The molecular weight excluding hydrogens is 352 g/mol. The average molecular weight is 405 g/mol. The second kappa shape index (κ2) is 13.0. The van der Waals surface area contributed by atoms with E-state index >= 15 is 0 Å². The average Bonchev–Trinajstić information content (AvgIpc) is 2.67. The molecule has 0 heterocycles. The Kier molecular flexibility index (Phi) is 11.9. The molecule has 2 rings (SSSR count). The Hall–Kier alpha value is -0.560. The van der Waals surface area contributed by atoms with Crippen LogP contribution in [0.1, 0.15) is 112 Å². The van der Waals surface area contributed by atoms with Crippen LogP contribution in [-0.4, -0.2) is 12.7 Å². The van der Waals surface area contributed by atoms with Crippen molar-refractivity contribution in [3.63, 3.8) is 0 Å². The first-order valence-electron chi connectivity index (χ1n) is 12.5. The van der Waals surface area contributed by atoms with Crippen LogP contribution in [0.4, 0.5) is 0 Å². The number of hydrogen-bond donors (Lipinski definition) is 0. The topological polar surface area (TPSA) is 9.23 Å². The minimum atomic E-state index is 0.410. The molecule has 1 nitrogen and oxygen atoms in total. The van der Waals surface area contributed by atoms with Crippen LogP contribution < -0.4 is 0 Å². The van der Waals surface area contributed by atoms with E-state index in [1.165, 1.54) is 64.2 Å². The third kappa shape index (κ3) is 8.23. The van der Waals surface area contributed by atoms with Crippen molar-refractivity contribution in [3.05, 3.63) is 25.3 Å². The molecule has 29 heavy (non-hydrogen) atoms. The van der Waals surface area contributed by atoms with Gasteiger partial charge in [-0.25, -0.2) is 0 Å². The second-order valence-corrected chi connectivity index (χ2v) is 11.0. The van der Waals surface area contributed by atoms with E-state index in [-0.39, 0.29) is 0 Å². The molecule has 0 aromatic rings. The van der Waals surface area contributed by atoms with Gasteiger partial charge < -0.3 is 4.74 Å². The van der Waals surface area contributed by atoms with E-state index < -0.39 is 0 Å². The molecule has 1 heteroatoms. The zero-order chi connectivity index (χ0) is 21.9. The van der Waals surface area contributed by atoms with Crippen LogP contribution in [0.5, 0.6) is 0 Å². The Morgan fingerprint density at radius 2 is 1.69 bits per heavy atom. The van der Waals surface area contributed by atoms with E-state index in [1.807, 2.05) is 13.0 Å². The summed E-state index contributed by atoms with van der Waals surface area (Å²) in [5.74, 6) is 2.65. The molecule has 2 saturated carbocycles. The van der Waals surface area contributed by atoms with Gasteiger partial charge in [-0.15, -0.1) is 13.2 Å². The fraction of sp³-hybridized carbons (Fsp3) is 0.857. The molecule has 170 valence electrons. The zero-order valence-electron chi connectivity index (χ0n) is 20.8. The molecule has 0 aliphatic heterocycles. The fourth-order valence-electron chi connectivity index (χ4n) is 6.80. The van der Waals surface area contributed by atoms with Gasteiger partial charge in [-0.3, -0.25) is 0 Å². The molecule has 4 atom stereocenters. The summed E-state index contributed by atoms with van der Waals surface area (Å²) in [6.07, 6.45) is 19.4. The van der Waals surface area contributed by atoms with Crippen molar-refractivity contribution in [1.82, 2.24) is 0 Å². The van der Waals surface area contributed by atoms with Crippen molar-refractivity contribution in [2.24, 2.45) is 28.6 Å². The van der Waals surface area contributed by atoms with Crippen molar-refractivity contribution >= 4 is 0 Å². The van der Waals surface area contributed by atoms with Crippen molar-refractivity contribution in [2.75, 3.05) is 6.61 Å². The van der Waals surface area contributed by atoms with Crippen molar-refractivity contribution in [1.29, 1.82) is 0 Å². The highest BCUT2D eigenvalue weighted by Gasteiger charge is 2.50. The summed E-state index contributed by atoms with van der Waals surface area (Å²) in [6, 6.07) is 0. The Balaban J connectivity index is 0.00000132. The molecule has 0 radical (unpaired) electrons. The first-order chi connectivity index (χ1) is 13.7. The third-order valence-corrected chi connectivity index (χ3v) is 7.66. The Labute approximate surface area is 183 Å². The third-order valence-electron chi connectivity index (χ3n) is 7.66. The van der Waals surface area contributed by atoms with E-state index in [0.29, 0.717) is 23.5 Å². The first kappa shape index (κ1) is 26.5. The minimum absolute atomic E-state index is 0.410. The molecule has 0 saturated heterocycles. The highest BCUT2D eigenvalue weighted by molar-refractivity contribution is 5.00. The molecule has 0 N–H and O–H groups in total. The molecule has 0 aromatic heterocycles. The lowest BCUT2D eigenvalue weighted by molar-refractivity contribution is -0.0622.